The SMILES string of the molecule is Cl.N[C@@H](c1cc(Br)cc(C(F)(F)F)c1O)C1CCCCC1. The fraction of sp³-hybridized carbons (Fsp3) is 0.571. The number of phenols is 1. The Morgan fingerprint density at radius 3 is 2.29 bits per heavy atom. The van der Waals surface area contributed by atoms with Gasteiger partial charge in [0.2, 0.25) is 0 Å². The van der Waals surface area contributed by atoms with Gasteiger partial charge in [-0.1, -0.05) is 35.2 Å². The molecule has 0 amide bonds. The second-order valence-electron chi connectivity index (χ2n) is 5.31. The van der Waals surface area contributed by atoms with Gasteiger partial charge in [-0.05, 0) is 30.9 Å². The van der Waals surface area contributed by atoms with Crippen molar-refractivity contribution in [3.63, 3.8) is 0 Å². The molecule has 7 heteroatoms. The molecule has 120 valence electrons. The predicted octanol–water partition coefficient (Wildman–Crippen LogP) is 5.18. The van der Waals surface area contributed by atoms with E-state index in [-0.39, 0.29) is 28.4 Å². The highest BCUT2D eigenvalue weighted by atomic mass is 79.9. The van der Waals surface area contributed by atoms with Gasteiger partial charge in [0.25, 0.3) is 0 Å². The topological polar surface area (TPSA) is 46.2 Å². The molecular formula is C14H18BrClF3NO. The molecule has 1 fully saturated rings. The highest BCUT2D eigenvalue weighted by Crippen LogP contribution is 2.43. The van der Waals surface area contributed by atoms with Crippen molar-refractivity contribution in [1.29, 1.82) is 0 Å². The van der Waals surface area contributed by atoms with Crippen LogP contribution >= 0.6 is 28.3 Å². The van der Waals surface area contributed by atoms with Crippen molar-refractivity contribution in [3.8, 4) is 5.75 Å². The standard InChI is InChI=1S/C14H17BrF3NO.ClH/c15-9-6-10(12(19)8-4-2-1-3-5-8)13(20)11(7-9)14(16,17)18;/h6-8,12,20H,1-5,19H2;1H/t12-;/m1./s1. The zero-order chi connectivity index (χ0) is 14.9. The van der Waals surface area contributed by atoms with E-state index < -0.39 is 23.5 Å². The number of benzene rings is 1. The average Bonchev–Trinajstić information content (AvgIpc) is 2.40. The molecule has 0 spiro atoms. The Bertz CT molecular complexity index is 490. The fourth-order valence-electron chi connectivity index (χ4n) is 2.84. The number of halogens is 5. The van der Waals surface area contributed by atoms with Gasteiger partial charge in [-0.3, -0.25) is 0 Å². The molecule has 1 aliphatic rings. The molecule has 21 heavy (non-hydrogen) atoms. The maximum absolute atomic E-state index is 12.9. The first kappa shape index (κ1) is 18.6. The highest BCUT2D eigenvalue weighted by molar-refractivity contribution is 9.10. The molecular weight excluding hydrogens is 371 g/mol. The van der Waals surface area contributed by atoms with Crippen LogP contribution in [0.2, 0.25) is 0 Å². The molecule has 1 saturated carbocycles. The molecule has 0 unspecified atom stereocenters. The molecule has 0 aliphatic heterocycles. The number of alkyl halides is 3. The summed E-state index contributed by atoms with van der Waals surface area (Å²) >= 11 is 3.07. The van der Waals surface area contributed by atoms with Crippen molar-refractivity contribution in [2.45, 2.75) is 44.3 Å². The largest absolute Gasteiger partial charge is 0.507 e. The molecule has 1 atom stereocenters. The minimum Gasteiger partial charge on any atom is -0.507 e. The van der Waals surface area contributed by atoms with Crippen molar-refractivity contribution in [2.75, 3.05) is 0 Å². The lowest BCUT2D eigenvalue weighted by molar-refractivity contribution is -0.138. The van der Waals surface area contributed by atoms with E-state index in [4.69, 9.17) is 5.73 Å². The van der Waals surface area contributed by atoms with E-state index in [0.29, 0.717) is 0 Å². The van der Waals surface area contributed by atoms with Gasteiger partial charge in [0.1, 0.15) is 5.75 Å². The lowest BCUT2D eigenvalue weighted by Crippen LogP contribution is -2.24. The summed E-state index contributed by atoms with van der Waals surface area (Å²) in [6.07, 6.45) is 0.428. The second kappa shape index (κ2) is 7.20. The Morgan fingerprint density at radius 1 is 1.19 bits per heavy atom. The zero-order valence-electron chi connectivity index (χ0n) is 11.3. The summed E-state index contributed by atoms with van der Waals surface area (Å²) < 4.78 is 39.0. The summed E-state index contributed by atoms with van der Waals surface area (Å²) in [5, 5.41) is 9.93. The summed E-state index contributed by atoms with van der Waals surface area (Å²) in [5.74, 6) is -0.608. The average molecular weight is 389 g/mol. The molecule has 0 bridgehead atoms. The minimum absolute atomic E-state index is 0. The van der Waals surface area contributed by atoms with Crippen LogP contribution < -0.4 is 5.73 Å². The molecule has 0 saturated heterocycles. The molecule has 2 nitrogen and oxygen atoms in total. The van der Waals surface area contributed by atoms with Crippen molar-refractivity contribution in [3.05, 3.63) is 27.7 Å². The molecule has 0 aromatic heterocycles. The smallest absolute Gasteiger partial charge is 0.420 e. The Morgan fingerprint density at radius 2 is 1.76 bits per heavy atom. The van der Waals surface area contributed by atoms with Crippen molar-refractivity contribution in [1.82, 2.24) is 0 Å². The van der Waals surface area contributed by atoms with Crippen LogP contribution in [-0.4, -0.2) is 5.11 Å². The summed E-state index contributed by atoms with van der Waals surface area (Å²) in [5.41, 5.74) is 5.25. The number of rotatable bonds is 2. The highest BCUT2D eigenvalue weighted by Gasteiger charge is 2.36. The summed E-state index contributed by atoms with van der Waals surface area (Å²) in [4.78, 5) is 0. The van der Waals surface area contributed by atoms with Crippen LogP contribution in [0.5, 0.6) is 5.75 Å². The Labute approximate surface area is 136 Å². The third-order valence-corrected chi connectivity index (χ3v) is 4.38. The maximum atomic E-state index is 12.9. The van der Waals surface area contributed by atoms with Gasteiger partial charge in [0.15, 0.2) is 0 Å². The first-order valence-electron chi connectivity index (χ1n) is 6.66. The van der Waals surface area contributed by atoms with E-state index in [1.807, 2.05) is 0 Å². The van der Waals surface area contributed by atoms with Crippen LogP contribution in [0.4, 0.5) is 13.2 Å². The molecule has 1 aromatic rings. The predicted molar refractivity (Wildman–Crippen MR) is 81.6 cm³/mol. The van der Waals surface area contributed by atoms with Gasteiger partial charge >= 0.3 is 6.18 Å². The molecule has 2 rings (SSSR count). The van der Waals surface area contributed by atoms with Crippen molar-refractivity contribution < 1.29 is 18.3 Å². The Kier molecular flexibility index (Phi) is 6.37. The third-order valence-electron chi connectivity index (χ3n) is 3.93. The van der Waals surface area contributed by atoms with Crippen LogP contribution in [0, 0.1) is 5.92 Å². The van der Waals surface area contributed by atoms with Gasteiger partial charge in [0.05, 0.1) is 5.56 Å². The number of aromatic hydroxyl groups is 1. The number of nitrogens with two attached hydrogens (primary N) is 1. The summed E-state index contributed by atoms with van der Waals surface area (Å²) in [6.45, 7) is 0. The van der Waals surface area contributed by atoms with Gasteiger partial charge in [-0.25, -0.2) is 0 Å². The summed E-state index contributed by atoms with van der Waals surface area (Å²) in [6, 6.07) is 1.81. The zero-order valence-corrected chi connectivity index (χ0v) is 13.7. The van der Waals surface area contributed by atoms with Crippen molar-refractivity contribution in [2.24, 2.45) is 11.7 Å². The van der Waals surface area contributed by atoms with Crippen LogP contribution in [0.1, 0.15) is 49.3 Å². The van der Waals surface area contributed by atoms with Crippen LogP contribution in [0.15, 0.2) is 16.6 Å². The molecule has 0 radical (unpaired) electrons. The van der Waals surface area contributed by atoms with E-state index in [1.165, 1.54) is 6.07 Å². The molecule has 1 aromatic carbocycles. The normalized spacial score (nSPS) is 18.1. The number of phenolic OH excluding ortho intramolecular Hbond substituents is 1. The summed E-state index contributed by atoms with van der Waals surface area (Å²) in [7, 11) is 0. The van der Waals surface area contributed by atoms with Crippen molar-refractivity contribution >= 4 is 28.3 Å². The fourth-order valence-corrected chi connectivity index (χ4v) is 3.31. The second-order valence-corrected chi connectivity index (χ2v) is 6.23. The van der Waals surface area contributed by atoms with E-state index in [9.17, 15) is 18.3 Å². The van der Waals surface area contributed by atoms with E-state index in [0.717, 1.165) is 38.2 Å². The first-order chi connectivity index (χ1) is 9.30. The van der Waals surface area contributed by atoms with Crippen LogP contribution in [0.25, 0.3) is 0 Å². The van der Waals surface area contributed by atoms with Gasteiger partial charge in [0, 0.05) is 16.1 Å². The van der Waals surface area contributed by atoms with Crippen LogP contribution in [0.3, 0.4) is 0 Å². The monoisotopic (exact) mass is 387 g/mol. The van der Waals surface area contributed by atoms with E-state index in [1.54, 1.807) is 0 Å². The number of hydrogen-bond donors (Lipinski definition) is 2. The van der Waals surface area contributed by atoms with Gasteiger partial charge in [-0.2, -0.15) is 13.2 Å². The van der Waals surface area contributed by atoms with Gasteiger partial charge < -0.3 is 10.8 Å². The minimum atomic E-state index is -4.59. The Hall–Kier alpha value is -0.460. The lowest BCUT2D eigenvalue weighted by Gasteiger charge is -2.29. The lowest BCUT2D eigenvalue weighted by atomic mass is 9.81. The van der Waals surface area contributed by atoms with Crippen LogP contribution in [-0.2, 0) is 6.18 Å². The van der Waals surface area contributed by atoms with E-state index in [2.05, 4.69) is 15.9 Å². The maximum Gasteiger partial charge on any atom is 0.420 e. The Balaban J connectivity index is 0.00000220. The molecule has 3 N–H and O–H groups in total. The molecule has 1 aliphatic carbocycles. The third kappa shape index (κ3) is 4.27. The van der Waals surface area contributed by atoms with Gasteiger partial charge in [-0.15, -0.1) is 12.4 Å². The quantitative estimate of drug-likeness (QED) is 0.733. The first-order valence-corrected chi connectivity index (χ1v) is 7.45. The number of hydrogen-bond acceptors (Lipinski definition) is 2. The van der Waals surface area contributed by atoms with E-state index >= 15 is 0 Å². The molecule has 0 heterocycles.